The maximum Gasteiger partial charge on any atom is 0.433 e. The number of halogens is 3. The number of nitrogens with zero attached hydrogens (tertiary/aromatic N) is 1. The molecule has 0 spiro atoms. The number of carbonyl (C=O) groups is 1. The van der Waals surface area contributed by atoms with Crippen LogP contribution in [0.2, 0.25) is 0 Å². The Hall–Kier alpha value is -1.63. The average Bonchev–Trinajstić information content (AvgIpc) is 2.38. The number of alkyl halides is 3. The van der Waals surface area contributed by atoms with E-state index < -0.39 is 17.8 Å². The highest BCUT2D eigenvalue weighted by Gasteiger charge is 2.34. The van der Waals surface area contributed by atoms with Gasteiger partial charge in [-0.15, -0.1) is 0 Å². The molecule has 104 valence electrons. The predicted octanol–water partition coefficient (Wildman–Crippen LogP) is 2.69. The summed E-state index contributed by atoms with van der Waals surface area (Å²) in [5.41, 5.74) is -1.22. The van der Waals surface area contributed by atoms with E-state index in [9.17, 15) is 18.0 Å². The minimum atomic E-state index is -4.57. The van der Waals surface area contributed by atoms with Gasteiger partial charge in [0.25, 0.3) is 0 Å². The van der Waals surface area contributed by atoms with Gasteiger partial charge in [0.15, 0.2) is 0 Å². The molecular weight excluding hydrogens is 263 g/mol. The lowest BCUT2D eigenvalue weighted by Gasteiger charge is -2.23. The molecule has 1 fully saturated rings. The van der Waals surface area contributed by atoms with Gasteiger partial charge in [0, 0.05) is 19.1 Å². The minimum absolute atomic E-state index is 0.00521. The number of hydrogen-bond donors (Lipinski definition) is 1. The second-order valence-corrected chi connectivity index (χ2v) is 4.32. The Balaban J connectivity index is 2.44. The maximum absolute atomic E-state index is 12.6. The van der Waals surface area contributed by atoms with Gasteiger partial charge in [0.05, 0.1) is 11.3 Å². The van der Waals surface area contributed by atoms with E-state index in [1.54, 1.807) is 0 Å². The Labute approximate surface area is 107 Å². The van der Waals surface area contributed by atoms with Crippen LogP contribution >= 0.6 is 0 Å². The summed E-state index contributed by atoms with van der Waals surface area (Å²) in [5.74, 6) is -1.56. The number of carboxylic acids is 1. The van der Waals surface area contributed by atoms with E-state index in [-0.39, 0.29) is 17.2 Å². The van der Waals surface area contributed by atoms with Crippen molar-refractivity contribution in [2.24, 2.45) is 0 Å². The van der Waals surface area contributed by atoms with E-state index in [2.05, 4.69) is 4.98 Å². The first-order valence-electron chi connectivity index (χ1n) is 5.79. The number of aromatic nitrogens is 1. The molecule has 1 aromatic rings. The fraction of sp³-hybridized carbons (Fsp3) is 0.500. The van der Waals surface area contributed by atoms with Crippen LogP contribution in [0.15, 0.2) is 12.1 Å². The van der Waals surface area contributed by atoms with Crippen LogP contribution < -0.4 is 0 Å². The van der Waals surface area contributed by atoms with E-state index in [1.165, 1.54) is 0 Å². The van der Waals surface area contributed by atoms with Gasteiger partial charge in [-0.2, -0.15) is 13.2 Å². The van der Waals surface area contributed by atoms with Gasteiger partial charge in [0.1, 0.15) is 5.69 Å². The molecule has 0 unspecified atom stereocenters. The molecule has 1 aliphatic heterocycles. The van der Waals surface area contributed by atoms with E-state index in [0.29, 0.717) is 32.1 Å². The third-order valence-electron chi connectivity index (χ3n) is 3.05. The molecule has 0 aliphatic carbocycles. The molecule has 1 saturated heterocycles. The van der Waals surface area contributed by atoms with Gasteiger partial charge in [-0.1, -0.05) is 0 Å². The van der Waals surface area contributed by atoms with Crippen molar-refractivity contribution in [3.05, 3.63) is 29.1 Å². The van der Waals surface area contributed by atoms with Gasteiger partial charge in [-0.05, 0) is 25.0 Å². The molecule has 4 nitrogen and oxygen atoms in total. The third-order valence-corrected chi connectivity index (χ3v) is 3.05. The molecule has 1 N–H and O–H groups in total. The Morgan fingerprint density at radius 3 is 2.47 bits per heavy atom. The summed E-state index contributed by atoms with van der Waals surface area (Å²) in [6, 6.07) is 1.68. The highest BCUT2D eigenvalue weighted by Crippen LogP contribution is 2.33. The SMILES string of the molecule is O=C(O)c1ccc(C(F)(F)F)nc1C1CCOCC1. The van der Waals surface area contributed by atoms with Crippen molar-refractivity contribution < 1.29 is 27.8 Å². The summed E-state index contributed by atoms with van der Waals surface area (Å²) >= 11 is 0. The molecule has 2 heterocycles. The number of ether oxygens (including phenoxy) is 1. The molecule has 0 amide bonds. The molecule has 19 heavy (non-hydrogen) atoms. The minimum Gasteiger partial charge on any atom is -0.478 e. The molecule has 7 heteroatoms. The number of pyridine rings is 1. The molecule has 1 aromatic heterocycles. The van der Waals surface area contributed by atoms with Gasteiger partial charge in [-0.3, -0.25) is 0 Å². The lowest BCUT2D eigenvalue weighted by Crippen LogP contribution is -2.20. The summed E-state index contributed by atoms with van der Waals surface area (Å²) in [5, 5.41) is 9.04. The summed E-state index contributed by atoms with van der Waals surface area (Å²) in [6.45, 7) is 0.809. The third kappa shape index (κ3) is 3.04. The second kappa shape index (κ2) is 5.16. The van der Waals surface area contributed by atoms with Crippen molar-refractivity contribution in [1.29, 1.82) is 0 Å². The van der Waals surface area contributed by atoms with Crippen molar-refractivity contribution in [3.63, 3.8) is 0 Å². The van der Waals surface area contributed by atoms with E-state index in [0.717, 1.165) is 6.07 Å². The normalized spacial score (nSPS) is 17.4. The van der Waals surface area contributed by atoms with Crippen molar-refractivity contribution >= 4 is 5.97 Å². The number of rotatable bonds is 2. The van der Waals surface area contributed by atoms with Gasteiger partial charge in [-0.25, -0.2) is 9.78 Å². The van der Waals surface area contributed by atoms with Crippen molar-refractivity contribution in [1.82, 2.24) is 4.98 Å². The molecule has 0 saturated carbocycles. The zero-order valence-electron chi connectivity index (χ0n) is 9.91. The molecule has 2 rings (SSSR count). The fourth-order valence-corrected chi connectivity index (χ4v) is 2.10. The number of aromatic carboxylic acids is 1. The standard InChI is InChI=1S/C12H12F3NO3/c13-12(14,15)9-2-1-8(11(17)18)10(16-9)7-3-5-19-6-4-7/h1-2,7H,3-6H2,(H,17,18). The van der Waals surface area contributed by atoms with Crippen LogP contribution in [-0.4, -0.2) is 29.3 Å². The summed E-state index contributed by atoms with van der Waals surface area (Å²) in [6.07, 6.45) is -3.61. The lowest BCUT2D eigenvalue weighted by molar-refractivity contribution is -0.141. The van der Waals surface area contributed by atoms with Gasteiger partial charge < -0.3 is 9.84 Å². The van der Waals surface area contributed by atoms with E-state index >= 15 is 0 Å². The highest BCUT2D eigenvalue weighted by molar-refractivity contribution is 5.89. The van der Waals surface area contributed by atoms with Crippen LogP contribution in [0.3, 0.4) is 0 Å². The van der Waals surface area contributed by atoms with Crippen molar-refractivity contribution in [3.8, 4) is 0 Å². The maximum atomic E-state index is 12.6. The fourth-order valence-electron chi connectivity index (χ4n) is 2.10. The first-order chi connectivity index (χ1) is 8.89. The van der Waals surface area contributed by atoms with Crippen LogP contribution in [0.25, 0.3) is 0 Å². The number of carboxylic acid groups (broad SMARTS) is 1. The smallest absolute Gasteiger partial charge is 0.433 e. The van der Waals surface area contributed by atoms with Crippen LogP contribution in [-0.2, 0) is 10.9 Å². The Bertz CT molecular complexity index is 482. The molecule has 1 aliphatic rings. The Morgan fingerprint density at radius 2 is 1.95 bits per heavy atom. The quantitative estimate of drug-likeness (QED) is 0.901. The number of hydrogen-bond acceptors (Lipinski definition) is 3. The summed E-state index contributed by atoms with van der Waals surface area (Å²) in [7, 11) is 0. The Kier molecular flexibility index (Phi) is 3.75. The van der Waals surface area contributed by atoms with Crippen LogP contribution in [0.4, 0.5) is 13.2 Å². The van der Waals surface area contributed by atoms with Crippen molar-refractivity contribution in [2.75, 3.05) is 13.2 Å². The molecule has 0 bridgehead atoms. The first-order valence-corrected chi connectivity index (χ1v) is 5.79. The molecular formula is C12H12F3NO3. The molecule has 0 atom stereocenters. The average molecular weight is 275 g/mol. The van der Waals surface area contributed by atoms with E-state index in [1.807, 2.05) is 0 Å². The monoisotopic (exact) mass is 275 g/mol. The van der Waals surface area contributed by atoms with E-state index in [4.69, 9.17) is 9.84 Å². The topological polar surface area (TPSA) is 59.4 Å². The largest absolute Gasteiger partial charge is 0.478 e. The summed E-state index contributed by atoms with van der Waals surface area (Å²) in [4.78, 5) is 14.6. The van der Waals surface area contributed by atoms with Crippen molar-refractivity contribution in [2.45, 2.75) is 24.9 Å². The second-order valence-electron chi connectivity index (χ2n) is 4.32. The zero-order chi connectivity index (χ0) is 14.0. The van der Waals surface area contributed by atoms with Crippen LogP contribution in [0.5, 0.6) is 0 Å². The zero-order valence-corrected chi connectivity index (χ0v) is 9.91. The first kappa shape index (κ1) is 13.8. The van der Waals surface area contributed by atoms with Gasteiger partial charge in [0.2, 0.25) is 0 Å². The molecule has 0 aromatic carbocycles. The Morgan fingerprint density at radius 1 is 1.32 bits per heavy atom. The van der Waals surface area contributed by atoms with Crippen LogP contribution in [0.1, 0.15) is 40.5 Å². The lowest BCUT2D eigenvalue weighted by atomic mass is 9.92. The van der Waals surface area contributed by atoms with Crippen LogP contribution in [0, 0.1) is 0 Å². The summed E-state index contributed by atoms with van der Waals surface area (Å²) < 4.78 is 43.0. The van der Waals surface area contributed by atoms with Gasteiger partial charge >= 0.3 is 12.1 Å². The molecule has 0 radical (unpaired) electrons. The predicted molar refractivity (Wildman–Crippen MR) is 59.0 cm³/mol. The highest BCUT2D eigenvalue weighted by atomic mass is 19.4.